The van der Waals surface area contributed by atoms with E-state index in [0.29, 0.717) is 18.9 Å². The highest BCUT2D eigenvalue weighted by atomic mass is 16.5. The number of amides is 2. The van der Waals surface area contributed by atoms with Gasteiger partial charge in [-0.2, -0.15) is 0 Å². The second-order valence-corrected chi connectivity index (χ2v) is 5.68. The second kappa shape index (κ2) is 8.20. The Bertz CT molecular complexity index is 806. The van der Waals surface area contributed by atoms with E-state index in [9.17, 15) is 9.59 Å². The Morgan fingerprint density at radius 2 is 2.24 bits per heavy atom. The first-order valence-electron chi connectivity index (χ1n) is 8.07. The van der Waals surface area contributed by atoms with E-state index < -0.39 is 12.1 Å². The number of nitrogens with zero attached hydrogens (tertiary/aromatic N) is 2. The van der Waals surface area contributed by atoms with Gasteiger partial charge in [-0.25, -0.2) is 9.78 Å². The number of H-pyrrole nitrogens is 1. The molecule has 0 saturated heterocycles. The number of carbonyl (C=O) groups is 2. The molecule has 0 fully saturated rings. The van der Waals surface area contributed by atoms with Crippen LogP contribution >= 0.6 is 0 Å². The second-order valence-electron chi connectivity index (χ2n) is 5.68. The number of hydrogen-bond acceptors (Lipinski definition) is 4. The highest BCUT2D eigenvalue weighted by molar-refractivity contribution is 5.85. The van der Waals surface area contributed by atoms with Crippen LogP contribution in [0.4, 0.5) is 4.79 Å². The molecule has 2 N–H and O–H groups in total. The molecule has 25 heavy (non-hydrogen) atoms. The fourth-order valence-electron chi connectivity index (χ4n) is 2.52. The number of aromatic nitrogens is 2. The van der Waals surface area contributed by atoms with Crippen LogP contribution in [0, 0.1) is 12.3 Å². The molecule has 0 unspecified atom stereocenters. The Kier molecular flexibility index (Phi) is 6.01. The minimum absolute atomic E-state index is 0.197. The van der Waals surface area contributed by atoms with E-state index >= 15 is 0 Å². The van der Waals surface area contributed by atoms with Crippen LogP contribution in [0.3, 0.4) is 0 Å². The first-order chi connectivity index (χ1) is 12.0. The van der Waals surface area contributed by atoms with Crippen LogP contribution in [0.5, 0.6) is 0 Å². The van der Waals surface area contributed by atoms with Crippen molar-refractivity contribution in [3.05, 3.63) is 29.6 Å². The Balaban J connectivity index is 2.16. The predicted molar refractivity (Wildman–Crippen MR) is 94.7 cm³/mol. The standard InChI is InChI=1S/C18H22N4O3/c1-5-9-22(17(23)12(3)19-18(24)25-4)11-16-20-14-8-7-13(6-2)10-15(14)21-16/h2,7-8,10,12H,5,9,11H2,1,3-4H3,(H,19,24)(H,20,21)/t12-/m0/s1. The number of carbonyl (C=O) groups excluding carboxylic acids is 2. The van der Waals surface area contributed by atoms with Crippen molar-refractivity contribution >= 4 is 23.0 Å². The maximum absolute atomic E-state index is 12.6. The molecule has 1 aromatic heterocycles. The van der Waals surface area contributed by atoms with Gasteiger partial charge >= 0.3 is 6.09 Å². The summed E-state index contributed by atoms with van der Waals surface area (Å²) in [6.07, 6.45) is 5.56. The number of fused-ring (bicyclic) bond motifs is 1. The molecule has 132 valence electrons. The summed E-state index contributed by atoms with van der Waals surface area (Å²) in [6, 6.07) is 4.83. The molecule has 1 aromatic carbocycles. The van der Waals surface area contributed by atoms with E-state index in [1.807, 2.05) is 25.1 Å². The number of ether oxygens (including phenoxy) is 1. The van der Waals surface area contributed by atoms with Crippen molar-refractivity contribution in [2.24, 2.45) is 0 Å². The Labute approximate surface area is 146 Å². The first kappa shape index (κ1) is 18.3. The number of imidazole rings is 1. The summed E-state index contributed by atoms with van der Waals surface area (Å²) in [5, 5.41) is 2.49. The quantitative estimate of drug-likeness (QED) is 0.786. The number of alkyl carbamates (subject to hydrolysis) is 1. The average molecular weight is 342 g/mol. The molecule has 7 heteroatoms. The van der Waals surface area contributed by atoms with Crippen LogP contribution in [-0.4, -0.2) is 46.6 Å². The van der Waals surface area contributed by atoms with Crippen LogP contribution in [0.2, 0.25) is 0 Å². The molecule has 0 aliphatic rings. The number of aromatic amines is 1. The Morgan fingerprint density at radius 3 is 2.88 bits per heavy atom. The minimum Gasteiger partial charge on any atom is -0.453 e. The third-order valence-corrected chi connectivity index (χ3v) is 3.73. The highest BCUT2D eigenvalue weighted by Gasteiger charge is 2.23. The van der Waals surface area contributed by atoms with Crippen molar-refractivity contribution in [1.82, 2.24) is 20.2 Å². The third-order valence-electron chi connectivity index (χ3n) is 3.73. The zero-order chi connectivity index (χ0) is 18.4. The largest absolute Gasteiger partial charge is 0.453 e. The zero-order valence-corrected chi connectivity index (χ0v) is 14.6. The van der Waals surface area contributed by atoms with E-state index in [-0.39, 0.29) is 5.91 Å². The number of nitrogens with one attached hydrogen (secondary N) is 2. The van der Waals surface area contributed by atoms with Gasteiger partial charge in [-0.05, 0) is 31.5 Å². The fraction of sp³-hybridized carbons (Fsp3) is 0.389. The summed E-state index contributed by atoms with van der Waals surface area (Å²) in [4.78, 5) is 33.2. The van der Waals surface area contributed by atoms with E-state index in [0.717, 1.165) is 23.0 Å². The lowest BCUT2D eigenvalue weighted by Crippen LogP contribution is -2.47. The summed E-state index contributed by atoms with van der Waals surface area (Å²) in [7, 11) is 1.26. The molecule has 0 spiro atoms. The fourth-order valence-corrected chi connectivity index (χ4v) is 2.52. The van der Waals surface area contributed by atoms with Crippen molar-refractivity contribution in [1.29, 1.82) is 0 Å². The number of terminal acetylenes is 1. The molecule has 1 atom stereocenters. The first-order valence-corrected chi connectivity index (χ1v) is 8.07. The molecule has 2 amide bonds. The SMILES string of the molecule is C#Cc1ccc2nc(CN(CCC)C(=O)[C@H](C)NC(=O)OC)[nH]c2c1. The van der Waals surface area contributed by atoms with Gasteiger partial charge in [0.15, 0.2) is 0 Å². The van der Waals surface area contributed by atoms with Crippen LogP contribution in [-0.2, 0) is 16.1 Å². The van der Waals surface area contributed by atoms with Gasteiger partial charge in [0.1, 0.15) is 11.9 Å². The van der Waals surface area contributed by atoms with Gasteiger partial charge in [0.2, 0.25) is 5.91 Å². The van der Waals surface area contributed by atoms with E-state index in [1.165, 1.54) is 7.11 Å². The van der Waals surface area contributed by atoms with Crippen LogP contribution in [0.1, 0.15) is 31.7 Å². The van der Waals surface area contributed by atoms with Gasteiger partial charge in [-0.3, -0.25) is 4.79 Å². The lowest BCUT2D eigenvalue weighted by atomic mass is 10.2. The Hall–Kier alpha value is -3.01. The lowest BCUT2D eigenvalue weighted by molar-refractivity contribution is -0.133. The van der Waals surface area contributed by atoms with E-state index in [2.05, 4.69) is 25.9 Å². The summed E-state index contributed by atoms with van der Waals surface area (Å²) in [5.74, 6) is 3.05. The van der Waals surface area contributed by atoms with Crippen molar-refractivity contribution in [2.75, 3.05) is 13.7 Å². The Morgan fingerprint density at radius 1 is 1.48 bits per heavy atom. The molecule has 0 aliphatic carbocycles. The van der Waals surface area contributed by atoms with Gasteiger partial charge in [0, 0.05) is 12.1 Å². The summed E-state index contributed by atoms with van der Waals surface area (Å²) in [5.41, 5.74) is 2.38. The normalized spacial score (nSPS) is 11.6. The smallest absolute Gasteiger partial charge is 0.407 e. The maximum atomic E-state index is 12.6. The van der Waals surface area contributed by atoms with Gasteiger partial charge in [0.05, 0.1) is 24.7 Å². The summed E-state index contributed by atoms with van der Waals surface area (Å²) < 4.78 is 4.54. The summed E-state index contributed by atoms with van der Waals surface area (Å²) in [6.45, 7) is 4.48. The molecule has 7 nitrogen and oxygen atoms in total. The lowest BCUT2D eigenvalue weighted by Gasteiger charge is -2.24. The van der Waals surface area contributed by atoms with E-state index in [4.69, 9.17) is 6.42 Å². The third kappa shape index (κ3) is 4.51. The number of benzene rings is 1. The number of rotatable bonds is 6. The van der Waals surface area contributed by atoms with Gasteiger partial charge in [0.25, 0.3) is 0 Å². The molecule has 0 aliphatic heterocycles. The van der Waals surface area contributed by atoms with Gasteiger partial charge in [-0.1, -0.05) is 12.8 Å². The van der Waals surface area contributed by atoms with Crippen molar-refractivity contribution < 1.29 is 14.3 Å². The molecular weight excluding hydrogens is 320 g/mol. The predicted octanol–water partition coefficient (Wildman–Crippen LogP) is 2.03. The number of methoxy groups -OCH3 is 1. The molecule has 0 saturated carbocycles. The molecule has 2 aromatic rings. The van der Waals surface area contributed by atoms with Crippen LogP contribution in [0.25, 0.3) is 11.0 Å². The van der Waals surface area contributed by atoms with Crippen molar-refractivity contribution in [3.63, 3.8) is 0 Å². The monoisotopic (exact) mass is 342 g/mol. The van der Waals surface area contributed by atoms with E-state index in [1.54, 1.807) is 11.8 Å². The molecule has 1 heterocycles. The van der Waals surface area contributed by atoms with Crippen LogP contribution < -0.4 is 5.32 Å². The molecule has 0 bridgehead atoms. The molecule has 2 rings (SSSR count). The average Bonchev–Trinajstić information content (AvgIpc) is 3.01. The zero-order valence-electron chi connectivity index (χ0n) is 14.6. The highest BCUT2D eigenvalue weighted by Crippen LogP contribution is 2.15. The minimum atomic E-state index is -0.684. The molecule has 0 radical (unpaired) electrons. The maximum Gasteiger partial charge on any atom is 0.407 e. The topological polar surface area (TPSA) is 87.3 Å². The van der Waals surface area contributed by atoms with Crippen LogP contribution in [0.15, 0.2) is 18.2 Å². The van der Waals surface area contributed by atoms with Crippen molar-refractivity contribution in [2.45, 2.75) is 32.9 Å². The number of hydrogen-bond donors (Lipinski definition) is 2. The van der Waals surface area contributed by atoms with Gasteiger partial charge < -0.3 is 19.9 Å². The summed E-state index contributed by atoms with van der Waals surface area (Å²) >= 11 is 0. The van der Waals surface area contributed by atoms with Crippen molar-refractivity contribution in [3.8, 4) is 12.3 Å². The van der Waals surface area contributed by atoms with Gasteiger partial charge in [-0.15, -0.1) is 6.42 Å². The molecular formula is C18H22N4O3.